The first-order valence-electron chi connectivity index (χ1n) is 5.59. The molecule has 7 nitrogen and oxygen atoms in total. The topological polar surface area (TPSA) is 141 Å². The van der Waals surface area contributed by atoms with Crippen LogP contribution in [0.5, 0.6) is 0 Å². The predicted molar refractivity (Wildman–Crippen MR) is 60.3 cm³/mol. The minimum atomic E-state index is -5.62. The van der Waals surface area contributed by atoms with E-state index in [1.807, 2.05) is 13.8 Å². The Kier molecular flexibility index (Phi) is 9.67. The average Bonchev–Trinajstić information content (AvgIpc) is 2.41. The molecule has 0 spiro atoms. The van der Waals surface area contributed by atoms with Crippen molar-refractivity contribution in [1.82, 2.24) is 0 Å². The van der Waals surface area contributed by atoms with Crippen LogP contribution in [0.3, 0.4) is 0 Å². The monoisotopic (exact) mass is 346 g/mol. The van der Waals surface area contributed by atoms with Crippen molar-refractivity contribution in [3.63, 3.8) is 0 Å². The van der Waals surface area contributed by atoms with Gasteiger partial charge in [-0.05, 0) is 37.0 Å². The smallest absolute Gasteiger partial charge is 0.776 e. The summed E-state index contributed by atoms with van der Waals surface area (Å²) in [6.07, 6.45) is 1.12. The van der Waals surface area contributed by atoms with Gasteiger partial charge >= 0.3 is 59.1 Å². The summed E-state index contributed by atoms with van der Waals surface area (Å²) in [4.78, 5) is 39.9. The van der Waals surface area contributed by atoms with Gasteiger partial charge in [0.2, 0.25) is 0 Å². The largest absolute Gasteiger partial charge is 1.00 e. The molecule has 0 aromatic heterocycles. The van der Waals surface area contributed by atoms with Crippen molar-refractivity contribution in [3.05, 3.63) is 0 Å². The molecule has 0 aliphatic heterocycles. The van der Waals surface area contributed by atoms with Crippen molar-refractivity contribution in [2.24, 2.45) is 11.3 Å². The first-order chi connectivity index (χ1) is 7.79. The van der Waals surface area contributed by atoms with Crippen LogP contribution in [-0.2, 0) is 9.13 Å². The van der Waals surface area contributed by atoms with Crippen molar-refractivity contribution in [2.45, 2.75) is 44.6 Å². The van der Waals surface area contributed by atoms with E-state index in [2.05, 4.69) is 0 Å². The summed E-state index contributed by atoms with van der Waals surface area (Å²) in [5.74, 6) is -0.381. The second kappa shape index (κ2) is 7.89. The van der Waals surface area contributed by atoms with Crippen molar-refractivity contribution in [3.8, 4) is 0 Å². The molecule has 0 saturated heterocycles. The molecule has 0 heterocycles. The van der Waals surface area contributed by atoms with E-state index in [1.54, 1.807) is 0 Å². The van der Waals surface area contributed by atoms with E-state index in [0.29, 0.717) is 12.8 Å². The van der Waals surface area contributed by atoms with E-state index in [-0.39, 0.29) is 70.4 Å². The van der Waals surface area contributed by atoms with Gasteiger partial charge in [0.1, 0.15) is 0 Å². The molecule has 0 amide bonds. The van der Waals surface area contributed by atoms with Gasteiger partial charge in [0, 0.05) is 0 Å². The predicted octanol–water partition coefficient (Wildman–Crippen LogP) is -6.05. The summed E-state index contributed by atoms with van der Waals surface area (Å²) in [7, 11) is -11.2. The maximum Gasteiger partial charge on any atom is 1.00 e. The van der Waals surface area contributed by atoms with Crippen molar-refractivity contribution in [1.29, 1.82) is 0 Å². The Bertz CT molecular complexity index is 395. The van der Waals surface area contributed by atoms with E-state index in [1.165, 1.54) is 0 Å². The van der Waals surface area contributed by atoms with Crippen molar-refractivity contribution < 1.29 is 92.9 Å². The van der Waals surface area contributed by atoms with Gasteiger partial charge in [-0.3, -0.25) is 0 Å². The molecule has 1 aliphatic rings. The van der Waals surface area contributed by atoms with Crippen LogP contribution in [0.2, 0.25) is 0 Å². The zero-order valence-corrected chi connectivity index (χ0v) is 18.1. The van der Waals surface area contributed by atoms with Crippen LogP contribution in [0.15, 0.2) is 0 Å². The molecule has 3 unspecified atom stereocenters. The molecule has 3 N–H and O–H groups in total. The van der Waals surface area contributed by atoms with Crippen LogP contribution in [0.1, 0.15) is 39.5 Å². The quantitative estimate of drug-likeness (QED) is 0.340. The molecule has 20 heavy (non-hydrogen) atoms. The molecule has 0 aromatic rings. The fraction of sp³-hybridized carbons (Fsp3) is 1.00. The molecule has 0 bridgehead atoms. The van der Waals surface area contributed by atoms with Crippen molar-refractivity contribution in [2.75, 3.05) is 0 Å². The summed E-state index contributed by atoms with van der Waals surface area (Å²) in [5.41, 5.74) is -0.0732. The number of aliphatic hydroxyl groups is 1. The fourth-order valence-electron chi connectivity index (χ4n) is 2.53. The average molecular weight is 346 g/mol. The Morgan fingerprint density at radius 1 is 1.20 bits per heavy atom. The van der Waals surface area contributed by atoms with Gasteiger partial charge in [-0.1, -0.05) is 13.8 Å². The van der Waals surface area contributed by atoms with E-state index in [0.717, 1.165) is 6.42 Å². The summed E-state index contributed by atoms with van der Waals surface area (Å²) in [6, 6.07) is 0. The summed E-state index contributed by atoms with van der Waals surface area (Å²) in [5, 5.41) is 6.18. The first kappa shape index (κ1) is 24.5. The molecular formula is C9H18Na2O7P2. The van der Waals surface area contributed by atoms with Crippen LogP contribution >= 0.6 is 15.2 Å². The molecule has 0 aromatic carbocycles. The second-order valence-corrected chi connectivity index (χ2v) is 9.71. The number of rotatable bonds is 4. The minimum Gasteiger partial charge on any atom is -0.776 e. The van der Waals surface area contributed by atoms with Crippen LogP contribution in [0, 0.1) is 11.3 Å². The van der Waals surface area contributed by atoms with E-state index < -0.39 is 26.7 Å². The Morgan fingerprint density at radius 2 is 1.60 bits per heavy atom. The molecule has 1 fully saturated rings. The van der Waals surface area contributed by atoms with Crippen molar-refractivity contribution >= 4 is 15.2 Å². The Morgan fingerprint density at radius 3 is 1.85 bits per heavy atom. The molecular weight excluding hydrogens is 328 g/mol. The first-order valence-corrected chi connectivity index (χ1v) is 8.74. The second-order valence-electron chi connectivity index (χ2n) is 5.79. The van der Waals surface area contributed by atoms with E-state index >= 15 is 0 Å². The fourth-order valence-corrected chi connectivity index (χ4v) is 4.79. The zero-order chi connectivity index (χ0) is 14.4. The molecule has 1 aliphatic carbocycles. The molecule has 11 heteroatoms. The van der Waals surface area contributed by atoms with Gasteiger partial charge in [-0.15, -0.1) is 0 Å². The molecule has 108 valence electrons. The third-order valence-corrected chi connectivity index (χ3v) is 7.23. The van der Waals surface area contributed by atoms with Gasteiger partial charge in [0.25, 0.3) is 0 Å². The van der Waals surface area contributed by atoms with E-state index in [9.17, 15) is 24.0 Å². The molecule has 1 rings (SSSR count). The standard InChI is InChI=1S/C9H20O7P2.2Na/c1-8(2)4-3-7(5-8)6-9(10,17(11,12)13)18(14,15)16;;/h7,10H,3-6H2,1-2H3,(H2,11,12,13)(H2,14,15,16);;/q;2*+1/p-2. The van der Waals surface area contributed by atoms with E-state index in [4.69, 9.17) is 9.79 Å². The maximum atomic E-state index is 11.1. The third kappa shape index (κ3) is 5.72. The SMILES string of the molecule is CC1(C)CCC(CC(O)(P(=O)([O-])O)P(=O)([O-])O)C1.[Na+].[Na+]. The maximum absolute atomic E-state index is 11.1. The zero-order valence-electron chi connectivity index (χ0n) is 12.3. The number of hydrogen-bond acceptors (Lipinski definition) is 5. The van der Waals surface area contributed by atoms with Crippen LogP contribution < -0.4 is 68.9 Å². The Hall–Kier alpha value is 2.26. The van der Waals surface area contributed by atoms with Crippen LogP contribution in [0.4, 0.5) is 0 Å². The van der Waals surface area contributed by atoms with Gasteiger partial charge in [-0.25, -0.2) is 0 Å². The summed E-state index contributed by atoms with van der Waals surface area (Å²) >= 11 is 0. The summed E-state index contributed by atoms with van der Waals surface area (Å²) < 4.78 is 22.1. The van der Waals surface area contributed by atoms with Crippen LogP contribution in [0.25, 0.3) is 0 Å². The third-order valence-electron chi connectivity index (χ3n) is 3.54. The normalized spacial score (nSPS) is 30.1. The van der Waals surface area contributed by atoms with Gasteiger partial charge in [0.05, 0.1) is 0 Å². The Labute approximate surface area is 162 Å². The number of hydrogen-bond donors (Lipinski definition) is 3. The summed E-state index contributed by atoms with van der Waals surface area (Å²) in [6.45, 7) is 3.88. The van der Waals surface area contributed by atoms with Crippen LogP contribution in [-0.4, -0.2) is 20.0 Å². The minimum absolute atomic E-state index is 0. The molecule has 1 saturated carbocycles. The Balaban J connectivity index is 0. The van der Waals surface area contributed by atoms with Gasteiger partial charge in [0.15, 0.2) is 20.3 Å². The molecule has 0 radical (unpaired) electrons. The van der Waals surface area contributed by atoms with Gasteiger partial charge < -0.3 is 33.8 Å². The van der Waals surface area contributed by atoms with Gasteiger partial charge in [-0.2, -0.15) is 0 Å². The molecule has 3 atom stereocenters.